The predicted molar refractivity (Wildman–Crippen MR) is 156 cm³/mol. The quantitative estimate of drug-likeness (QED) is 0.391. The number of anilines is 1. The summed E-state index contributed by atoms with van der Waals surface area (Å²) in [7, 11) is -4.08. The van der Waals surface area contributed by atoms with E-state index in [4.69, 9.17) is 0 Å². The van der Waals surface area contributed by atoms with E-state index in [0.717, 1.165) is 21.0 Å². The van der Waals surface area contributed by atoms with Gasteiger partial charge in [-0.15, -0.1) is 0 Å². The molecule has 7 nitrogen and oxygen atoms in total. The van der Waals surface area contributed by atoms with E-state index in [0.29, 0.717) is 12.1 Å². The van der Waals surface area contributed by atoms with Crippen molar-refractivity contribution in [1.29, 1.82) is 0 Å². The summed E-state index contributed by atoms with van der Waals surface area (Å²) in [6, 6.07) is 22.5. The first-order valence-corrected chi connectivity index (χ1v) is 14.5. The number of para-hydroxylation sites is 1. The van der Waals surface area contributed by atoms with E-state index in [1.807, 2.05) is 77.1 Å². The van der Waals surface area contributed by atoms with Gasteiger partial charge in [-0.3, -0.25) is 13.9 Å². The van der Waals surface area contributed by atoms with Crippen LogP contribution >= 0.6 is 0 Å². The standard InChI is InChI=1S/C31H39N3O4S/c1-23-16-18-27(19-17-23)39(37,38)34(28-15-11-10-12-24(28)2)22-29(35)33(21-20-26-13-8-7-9-14-26)25(3)30(36)32-31(4,5)6/h7-19,25H,20-22H2,1-6H3,(H,32,36)/t25-/m1/s1. The molecule has 2 amide bonds. The molecule has 0 heterocycles. The molecule has 3 rings (SSSR count). The van der Waals surface area contributed by atoms with Crippen molar-refractivity contribution in [3.63, 3.8) is 0 Å². The van der Waals surface area contributed by atoms with Gasteiger partial charge in [0.25, 0.3) is 10.0 Å². The van der Waals surface area contributed by atoms with Gasteiger partial charge < -0.3 is 10.2 Å². The number of nitrogens with zero attached hydrogens (tertiary/aromatic N) is 2. The number of amides is 2. The summed E-state index contributed by atoms with van der Waals surface area (Å²) >= 11 is 0. The maximum absolute atomic E-state index is 13.9. The van der Waals surface area contributed by atoms with Crippen LogP contribution in [0.2, 0.25) is 0 Å². The molecule has 0 saturated heterocycles. The van der Waals surface area contributed by atoms with Gasteiger partial charge in [-0.25, -0.2) is 8.42 Å². The van der Waals surface area contributed by atoms with Gasteiger partial charge in [-0.05, 0) is 77.3 Å². The Kier molecular flexibility index (Phi) is 9.56. The molecule has 0 aliphatic rings. The van der Waals surface area contributed by atoms with Gasteiger partial charge in [-0.2, -0.15) is 0 Å². The smallest absolute Gasteiger partial charge is 0.264 e. The summed E-state index contributed by atoms with van der Waals surface area (Å²) in [5.41, 5.74) is 2.60. The van der Waals surface area contributed by atoms with Crippen molar-refractivity contribution >= 4 is 27.5 Å². The van der Waals surface area contributed by atoms with Crippen molar-refractivity contribution in [2.45, 2.75) is 64.4 Å². The van der Waals surface area contributed by atoms with Crippen LogP contribution in [0.5, 0.6) is 0 Å². The van der Waals surface area contributed by atoms with E-state index in [2.05, 4.69) is 5.32 Å². The number of carbonyl (C=O) groups excluding carboxylic acids is 2. The van der Waals surface area contributed by atoms with Gasteiger partial charge in [0.1, 0.15) is 12.6 Å². The second-order valence-electron chi connectivity index (χ2n) is 10.8. The molecule has 39 heavy (non-hydrogen) atoms. The molecule has 1 atom stereocenters. The lowest BCUT2D eigenvalue weighted by Gasteiger charge is -2.33. The Bertz CT molecular complexity index is 1380. The molecule has 0 spiro atoms. The molecule has 208 valence electrons. The fraction of sp³-hybridized carbons (Fsp3) is 0.355. The molecule has 0 aromatic heterocycles. The van der Waals surface area contributed by atoms with Crippen molar-refractivity contribution in [3.8, 4) is 0 Å². The summed E-state index contributed by atoms with van der Waals surface area (Å²) < 4.78 is 29.0. The Morgan fingerprint density at radius 2 is 1.46 bits per heavy atom. The number of hydrogen-bond donors (Lipinski definition) is 1. The Labute approximate surface area is 232 Å². The average Bonchev–Trinajstić information content (AvgIpc) is 2.87. The Balaban J connectivity index is 1.99. The fourth-order valence-corrected chi connectivity index (χ4v) is 5.72. The first-order valence-electron chi connectivity index (χ1n) is 13.1. The highest BCUT2D eigenvalue weighted by Crippen LogP contribution is 2.27. The zero-order chi connectivity index (χ0) is 28.8. The van der Waals surface area contributed by atoms with E-state index < -0.39 is 34.1 Å². The van der Waals surface area contributed by atoms with Gasteiger partial charge >= 0.3 is 0 Å². The molecule has 3 aromatic rings. The zero-order valence-electron chi connectivity index (χ0n) is 23.6. The topological polar surface area (TPSA) is 86.8 Å². The lowest BCUT2D eigenvalue weighted by atomic mass is 10.1. The molecule has 1 N–H and O–H groups in total. The first kappa shape index (κ1) is 29.9. The minimum Gasteiger partial charge on any atom is -0.350 e. The minimum absolute atomic E-state index is 0.0958. The Morgan fingerprint density at radius 1 is 0.872 bits per heavy atom. The number of nitrogens with one attached hydrogen (secondary N) is 1. The summed E-state index contributed by atoms with van der Waals surface area (Å²) in [5, 5.41) is 2.94. The maximum atomic E-state index is 13.9. The van der Waals surface area contributed by atoms with Crippen LogP contribution in [0, 0.1) is 13.8 Å². The zero-order valence-corrected chi connectivity index (χ0v) is 24.5. The second kappa shape index (κ2) is 12.5. The van der Waals surface area contributed by atoms with E-state index >= 15 is 0 Å². The monoisotopic (exact) mass is 549 g/mol. The van der Waals surface area contributed by atoms with E-state index in [-0.39, 0.29) is 17.3 Å². The van der Waals surface area contributed by atoms with Crippen LogP contribution < -0.4 is 9.62 Å². The van der Waals surface area contributed by atoms with Crippen LogP contribution in [0.25, 0.3) is 0 Å². The van der Waals surface area contributed by atoms with Gasteiger partial charge in [0, 0.05) is 12.1 Å². The molecular formula is C31H39N3O4S. The van der Waals surface area contributed by atoms with Crippen LogP contribution in [0.1, 0.15) is 44.4 Å². The number of aryl methyl sites for hydroxylation is 2. The lowest BCUT2D eigenvalue weighted by molar-refractivity contribution is -0.139. The number of sulfonamides is 1. The average molecular weight is 550 g/mol. The SMILES string of the molecule is Cc1ccc(S(=O)(=O)N(CC(=O)N(CCc2ccccc2)[C@H](C)C(=O)NC(C)(C)C)c2ccccc2C)cc1. The number of carbonyl (C=O) groups is 2. The Morgan fingerprint density at radius 3 is 2.05 bits per heavy atom. The fourth-order valence-electron chi connectivity index (χ4n) is 4.24. The van der Waals surface area contributed by atoms with Crippen molar-refractivity contribution in [3.05, 3.63) is 95.6 Å². The predicted octanol–water partition coefficient (Wildman–Crippen LogP) is 4.87. The second-order valence-corrected chi connectivity index (χ2v) is 12.7. The maximum Gasteiger partial charge on any atom is 0.264 e. The molecule has 0 saturated carbocycles. The molecule has 0 aliphatic carbocycles. The van der Waals surface area contributed by atoms with Gasteiger partial charge in [0.15, 0.2) is 0 Å². The highest BCUT2D eigenvalue weighted by atomic mass is 32.2. The molecule has 0 unspecified atom stereocenters. The van der Waals surface area contributed by atoms with Crippen LogP contribution in [0.4, 0.5) is 5.69 Å². The summed E-state index contributed by atoms with van der Waals surface area (Å²) in [5.74, 6) is -0.755. The number of hydrogen-bond acceptors (Lipinski definition) is 4. The number of rotatable bonds is 10. The van der Waals surface area contributed by atoms with Crippen LogP contribution in [0.15, 0.2) is 83.8 Å². The largest absolute Gasteiger partial charge is 0.350 e. The Hall–Kier alpha value is -3.65. The third kappa shape index (κ3) is 7.93. The third-order valence-electron chi connectivity index (χ3n) is 6.42. The molecule has 0 bridgehead atoms. The summed E-state index contributed by atoms with van der Waals surface area (Å²) in [6.07, 6.45) is 0.523. The molecule has 0 aliphatic heterocycles. The van der Waals surface area contributed by atoms with Gasteiger partial charge in [0.2, 0.25) is 11.8 Å². The van der Waals surface area contributed by atoms with E-state index in [1.54, 1.807) is 43.3 Å². The molecule has 8 heteroatoms. The van der Waals surface area contributed by atoms with Crippen LogP contribution in [-0.2, 0) is 26.0 Å². The lowest BCUT2D eigenvalue weighted by Crippen LogP contribution is -2.55. The summed E-state index contributed by atoms with van der Waals surface area (Å²) in [4.78, 5) is 28.7. The molecule has 0 fully saturated rings. The van der Waals surface area contributed by atoms with E-state index in [9.17, 15) is 18.0 Å². The van der Waals surface area contributed by atoms with Crippen molar-refractivity contribution < 1.29 is 18.0 Å². The van der Waals surface area contributed by atoms with Gasteiger partial charge in [-0.1, -0.05) is 66.2 Å². The molecule has 0 radical (unpaired) electrons. The van der Waals surface area contributed by atoms with E-state index in [1.165, 1.54) is 4.90 Å². The number of benzene rings is 3. The third-order valence-corrected chi connectivity index (χ3v) is 8.20. The highest BCUT2D eigenvalue weighted by molar-refractivity contribution is 7.92. The molecule has 3 aromatic carbocycles. The normalized spacial score (nSPS) is 12.5. The minimum atomic E-state index is -4.08. The van der Waals surface area contributed by atoms with Crippen molar-refractivity contribution in [2.24, 2.45) is 0 Å². The van der Waals surface area contributed by atoms with Gasteiger partial charge in [0.05, 0.1) is 10.6 Å². The highest BCUT2D eigenvalue weighted by Gasteiger charge is 2.33. The molecular weight excluding hydrogens is 510 g/mol. The van der Waals surface area contributed by atoms with Crippen LogP contribution in [-0.4, -0.2) is 49.8 Å². The first-order chi connectivity index (χ1) is 18.3. The van der Waals surface area contributed by atoms with Crippen molar-refractivity contribution in [2.75, 3.05) is 17.4 Å². The summed E-state index contributed by atoms with van der Waals surface area (Å²) in [6.45, 7) is 10.8. The van der Waals surface area contributed by atoms with Crippen molar-refractivity contribution in [1.82, 2.24) is 10.2 Å². The van der Waals surface area contributed by atoms with Crippen LogP contribution in [0.3, 0.4) is 0 Å².